The molecule has 1 radical (unpaired) electrons. The van der Waals surface area contributed by atoms with Crippen LogP contribution in [0.4, 0.5) is 0 Å². The van der Waals surface area contributed by atoms with E-state index in [1.807, 2.05) is 31.2 Å². The van der Waals surface area contributed by atoms with E-state index in [2.05, 4.69) is 103 Å². The van der Waals surface area contributed by atoms with E-state index in [0.29, 0.717) is 0 Å². The Labute approximate surface area is 202 Å². The molecule has 2 heterocycles. The average Bonchev–Trinajstić information content (AvgIpc) is 3.23. The number of aryl methyl sites for hydroxylation is 1. The standard InChI is InChI=1S/C9H8N3.2C8H11P.Os/c1-7-6-9(12-11-7)8-4-2-3-5-10-8;2*1-9(2)8-6-4-3-5-7-8;/h2-6H,1H3;2*3-7H,1-2H3;/q-1;;;+1. The van der Waals surface area contributed by atoms with Crippen LogP contribution in [0.15, 0.2) is 91.1 Å². The van der Waals surface area contributed by atoms with E-state index in [4.69, 9.17) is 0 Å². The van der Waals surface area contributed by atoms with Crippen LogP contribution in [0.3, 0.4) is 0 Å². The third-order valence-corrected chi connectivity index (χ3v) is 6.80. The van der Waals surface area contributed by atoms with Gasteiger partial charge in [-0.2, -0.15) is 0 Å². The molecule has 0 bridgehead atoms. The van der Waals surface area contributed by atoms with Crippen LogP contribution in [0.2, 0.25) is 0 Å². The van der Waals surface area contributed by atoms with Crippen molar-refractivity contribution in [2.45, 2.75) is 6.92 Å². The second-order valence-corrected chi connectivity index (χ2v) is 11.7. The minimum Gasteiger partial charge on any atom is -0.574 e. The van der Waals surface area contributed by atoms with Crippen LogP contribution >= 0.6 is 15.8 Å². The van der Waals surface area contributed by atoms with Gasteiger partial charge >= 0.3 is 19.8 Å². The number of pyridine rings is 1. The maximum absolute atomic E-state index is 4.16. The first-order valence-electron chi connectivity index (χ1n) is 9.80. The molecule has 0 spiro atoms. The average molecular weight is 625 g/mol. The first kappa shape index (κ1) is 27.3. The molecule has 0 aliphatic carbocycles. The normalized spacial score (nSPS) is 9.77. The number of rotatable bonds is 3. The van der Waals surface area contributed by atoms with Gasteiger partial charge < -0.3 is 10.2 Å². The molecule has 2 aromatic heterocycles. The molecule has 0 N–H and O–H groups in total. The van der Waals surface area contributed by atoms with Gasteiger partial charge in [-0.15, -0.1) is 0 Å². The molecule has 163 valence electrons. The van der Waals surface area contributed by atoms with Crippen LogP contribution < -0.4 is 15.7 Å². The summed E-state index contributed by atoms with van der Waals surface area (Å²) in [6.45, 7) is 11.0. The second-order valence-electron chi connectivity index (χ2n) is 7.05. The van der Waals surface area contributed by atoms with Crippen molar-refractivity contribution in [2.75, 3.05) is 26.7 Å². The Morgan fingerprint density at radius 3 is 1.48 bits per heavy atom. The van der Waals surface area contributed by atoms with E-state index in [1.165, 1.54) is 10.6 Å². The largest absolute Gasteiger partial charge is 1.00 e. The van der Waals surface area contributed by atoms with Crippen molar-refractivity contribution in [3.05, 3.63) is 96.8 Å². The first-order chi connectivity index (χ1) is 14.5. The van der Waals surface area contributed by atoms with Crippen molar-refractivity contribution in [1.29, 1.82) is 0 Å². The Morgan fingerprint density at radius 2 is 1.16 bits per heavy atom. The SMILES string of the molecule is CP(C)c1ccccc1.CP(C)c1ccccc1.Cc1cc(-c2ccccn2)[n-]n1.[Os+]. The predicted molar refractivity (Wildman–Crippen MR) is 135 cm³/mol. The molecule has 0 amide bonds. The van der Waals surface area contributed by atoms with Gasteiger partial charge in [-0.25, -0.2) is 0 Å². The first-order valence-corrected chi connectivity index (χ1v) is 14.3. The van der Waals surface area contributed by atoms with Gasteiger partial charge in [-0.3, -0.25) is 4.98 Å². The Hall–Kier alpha value is -1.70. The molecule has 3 nitrogen and oxygen atoms in total. The number of benzene rings is 2. The van der Waals surface area contributed by atoms with Gasteiger partial charge in [-0.05, 0) is 56.3 Å². The molecule has 6 heteroatoms. The zero-order valence-corrected chi connectivity index (χ0v) is 23.1. The van der Waals surface area contributed by atoms with E-state index in [9.17, 15) is 0 Å². The van der Waals surface area contributed by atoms with E-state index in [0.717, 1.165) is 17.1 Å². The molecule has 0 saturated carbocycles. The molecule has 0 saturated heterocycles. The maximum atomic E-state index is 4.16. The van der Waals surface area contributed by atoms with Crippen molar-refractivity contribution in [3.63, 3.8) is 0 Å². The van der Waals surface area contributed by atoms with Crippen LogP contribution in [0, 0.1) is 6.92 Å². The third kappa shape index (κ3) is 10.4. The Balaban J connectivity index is 0.000000233. The van der Waals surface area contributed by atoms with Crippen LogP contribution in [0.5, 0.6) is 0 Å². The summed E-state index contributed by atoms with van der Waals surface area (Å²) in [5.74, 6) is 0. The van der Waals surface area contributed by atoms with Gasteiger partial charge in [0.1, 0.15) is 0 Å². The summed E-state index contributed by atoms with van der Waals surface area (Å²) in [4.78, 5) is 4.16. The molecular weight excluding hydrogens is 594 g/mol. The fraction of sp³-hybridized carbons (Fsp3) is 0.200. The van der Waals surface area contributed by atoms with Crippen molar-refractivity contribution < 1.29 is 19.8 Å². The van der Waals surface area contributed by atoms with E-state index >= 15 is 0 Å². The Morgan fingerprint density at radius 1 is 0.677 bits per heavy atom. The summed E-state index contributed by atoms with van der Waals surface area (Å²) in [5.41, 5.74) is 2.64. The summed E-state index contributed by atoms with van der Waals surface area (Å²) in [6, 6.07) is 28.9. The van der Waals surface area contributed by atoms with Gasteiger partial charge in [0.15, 0.2) is 0 Å². The molecule has 2 aromatic carbocycles. The topological polar surface area (TPSA) is 39.9 Å². The third-order valence-electron chi connectivity index (χ3n) is 4.13. The predicted octanol–water partition coefficient (Wildman–Crippen LogP) is 5.51. The van der Waals surface area contributed by atoms with Crippen LogP contribution in [0.25, 0.3) is 11.4 Å². The number of nitrogens with zero attached hydrogens (tertiary/aromatic N) is 3. The summed E-state index contributed by atoms with van der Waals surface area (Å²) < 4.78 is 0. The fourth-order valence-corrected chi connectivity index (χ4v) is 4.02. The number of hydrogen-bond donors (Lipinski definition) is 0. The van der Waals surface area contributed by atoms with Gasteiger partial charge in [0.05, 0.1) is 0 Å². The molecule has 0 aliphatic rings. The number of hydrogen-bond acceptors (Lipinski definition) is 2. The van der Waals surface area contributed by atoms with Crippen LogP contribution in [-0.4, -0.2) is 36.7 Å². The monoisotopic (exact) mass is 626 g/mol. The summed E-state index contributed by atoms with van der Waals surface area (Å²) in [7, 11) is 0.209. The molecule has 0 fully saturated rings. The molecule has 31 heavy (non-hydrogen) atoms. The minimum absolute atomic E-state index is 0. The summed E-state index contributed by atoms with van der Waals surface area (Å²) >= 11 is 0. The minimum atomic E-state index is 0. The van der Waals surface area contributed by atoms with E-state index in [-0.39, 0.29) is 35.6 Å². The molecule has 4 aromatic rings. The van der Waals surface area contributed by atoms with Crippen LogP contribution in [-0.2, 0) is 19.8 Å². The van der Waals surface area contributed by atoms with Gasteiger partial charge in [0.25, 0.3) is 0 Å². The molecule has 4 rings (SSSR count). The van der Waals surface area contributed by atoms with Crippen molar-refractivity contribution in [2.24, 2.45) is 0 Å². The Kier molecular flexibility index (Phi) is 13.4. The van der Waals surface area contributed by atoms with Crippen molar-refractivity contribution in [3.8, 4) is 11.4 Å². The van der Waals surface area contributed by atoms with Crippen molar-refractivity contribution in [1.82, 2.24) is 15.2 Å². The second kappa shape index (κ2) is 15.2. The van der Waals surface area contributed by atoms with Gasteiger partial charge in [0, 0.05) is 17.6 Å². The number of aromatic nitrogens is 3. The van der Waals surface area contributed by atoms with Crippen molar-refractivity contribution >= 4 is 26.5 Å². The fourth-order valence-electron chi connectivity index (χ4n) is 2.48. The Bertz CT molecular complexity index is 916. The van der Waals surface area contributed by atoms with E-state index in [1.54, 1.807) is 6.20 Å². The van der Waals surface area contributed by atoms with Gasteiger partial charge in [0.2, 0.25) is 0 Å². The zero-order valence-electron chi connectivity index (χ0n) is 18.7. The smallest absolute Gasteiger partial charge is 0.574 e. The molecule has 0 aliphatic heterocycles. The zero-order chi connectivity index (χ0) is 21.8. The molecule has 0 atom stereocenters. The van der Waals surface area contributed by atoms with Gasteiger partial charge in [-0.1, -0.05) is 94.3 Å². The van der Waals surface area contributed by atoms with E-state index < -0.39 is 0 Å². The maximum Gasteiger partial charge on any atom is 1.00 e. The van der Waals surface area contributed by atoms with Crippen LogP contribution in [0.1, 0.15) is 5.69 Å². The molecular formula is C25H30N3OsP2. The summed E-state index contributed by atoms with van der Waals surface area (Å²) in [5, 5.41) is 10.8. The quantitative estimate of drug-likeness (QED) is 0.282. The molecule has 0 unspecified atom stereocenters. The summed E-state index contributed by atoms with van der Waals surface area (Å²) in [6.07, 6.45) is 1.75.